The van der Waals surface area contributed by atoms with Gasteiger partial charge in [-0.15, -0.1) is 17.7 Å². The predicted octanol–water partition coefficient (Wildman–Crippen LogP) is 1.07. The van der Waals surface area contributed by atoms with Crippen LogP contribution in [0.25, 0.3) is 0 Å². The van der Waals surface area contributed by atoms with Crippen molar-refractivity contribution in [2.75, 3.05) is 18.1 Å². The van der Waals surface area contributed by atoms with E-state index >= 15 is 0 Å². The second-order valence-electron chi connectivity index (χ2n) is 3.99. The smallest absolute Gasteiger partial charge is 0.324 e. The number of hydrogen-bond acceptors (Lipinski definition) is 3. The average molecular weight is 240 g/mol. The molecule has 4 nitrogen and oxygen atoms in total. The molecule has 1 fully saturated rings. The summed E-state index contributed by atoms with van der Waals surface area (Å²) in [6, 6.07) is -0.294. The second kappa shape index (κ2) is 5.26. The molecule has 1 aliphatic rings. The quantitative estimate of drug-likeness (QED) is 0.454. The van der Waals surface area contributed by atoms with E-state index in [1.54, 1.807) is 32.5 Å². The van der Waals surface area contributed by atoms with Gasteiger partial charge >= 0.3 is 6.03 Å². The van der Waals surface area contributed by atoms with Crippen LogP contribution < -0.4 is 5.32 Å². The molecule has 5 heteroatoms. The molecule has 1 heterocycles. The van der Waals surface area contributed by atoms with E-state index in [1.807, 2.05) is 0 Å². The number of thioether (sulfide) groups is 1. The maximum Gasteiger partial charge on any atom is 0.325 e. The Hall–Kier alpha value is -1.15. The molecule has 0 unspecified atom stereocenters. The Morgan fingerprint density at radius 2 is 2.12 bits per heavy atom. The van der Waals surface area contributed by atoms with Gasteiger partial charge in [-0.2, -0.15) is 0 Å². The molecular weight excluding hydrogens is 224 g/mol. The third-order valence-corrected chi connectivity index (χ3v) is 3.07. The molecular formula is C11H16N2O2S. The summed E-state index contributed by atoms with van der Waals surface area (Å²) in [7, 11) is 0. The number of nitrogens with zero attached hydrogens (tertiary/aromatic N) is 1. The van der Waals surface area contributed by atoms with Gasteiger partial charge in [0.1, 0.15) is 5.54 Å². The molecule has 1 aliphatic heterocycles. The van der Waals surface area contributed by atoms with E-state index in [4.69, 9.17) is 0 Å². The normalized spacial score (nSPS) is 18.1. The van der Waals surface area contributed by atoms with Crippen LogP contribution in [0.15, 0.2) is 0 Å². The number of carbonyl (C=O) groups excluding carboxylic acids is 2. The Morgan fingerprint density at radius 3 is 2.62 bits per heavy atom. The Labute approximate surface area is 100 Å². The van der Waals surface area contributed by atoms with Crippen molar-refractivity contribution >= 4 is 23.7 Å². The zero-order valence-electron chi connectivity index (χ0n) is 9.79. The second-order valence-corrected chi connectivity index (χ2v) is 5.10. The molecule has 0 spiro atoms. The SMILES string of the molecule is CC#CCSCCN1C(=O)NC(C)(C)C1=O. The molecule has 0 radical (unpaired) electrons. The molecule has 88 valence electrons. The number of rotatable bonds is 4. The monoisotopic (exact) mass is 240 g/mol. The third kappa shape index (κ3) is 2.92. The number of carbonyl (C=O) groups is 2. The molecule has 3 amide bonds. The van der Waals surface area contributed by atoms with E-state index in [0.29, 0.717) is 6.54 Å². The largest absolute Gasteiger partial charge is 0.325 e. The maximum atomic E-state index is 11.8. The molecule has 0 bridgehead atoms. The van der Waals surface area contributed by atoms with E-state index in [1.165, 1.54) is 4.90 Å². The van der Waals surface area contributed by atoms with Gasteiger partial charge in [0.2, 0.25) is 0 Å². The van der Waals surface area contributed by atoms with E-state index in [2.05, 4.69) is 17.2 Å². The zero-order valence-corrected chi connectivity index (χ0v) is 10.6. The van der Waals surface area contributed by atoms with Gasteiger partial charge in [0.25, 0.3) is 5.91 Å². The summed E-state index contributed by atoms with van der Waals surface area (Å²) >= 11 is 1.62. The first-order chi connectivity index (χ1) is 7.49. The first-order valence-electron chi connectivity index (χ1n) is 5.10. The summed E-state index contributed by atoms with van der Waals surface area (Å²) in [5, 5.41) is 2.65. The summed E-state index contributed by atoms with van der Waals surface area (Å²) in [5.41, 5.74) is -0.759. The molecule has 16 heavy (non-hydrogen) atoms. The molecule has 0 aliphatic carbocycles. The highest BCUT2D eigenvalue weighted by Gasteiger charge is 2.43. The number of imide groups is 1. The van der Waals surface area contributed by atoms with Gasteiger partial charge in [-0.05, 0) is 20.8 Å². The third-order valence-electron chi connectivity index (χ3n) is 2.25. The lowest BCUT2D eigenvalue weighted by Gasteiger charge is -2.15. The Morgan fingerprint density at radius 1 is 1.44 bits per heavy atom. The Bertz CT molecular complexity index is 355. The Kier molecular flexibility index (Phi) is 4.25. The van der Waals surface area contributed by atoms with Gasteiger partial charge in [0, 0.05) is 12.3 Å². The molecule has 0 aromatic rings. The van der Waals surface area contributed by atoms with Crippen LogP contribution in [-0.2, 0) is 4.79 Å². The molecule has 1 saturated heterocycles. The van der Waals surface area contributed by atoms with Crippen molar-refractivity contribution in [3.8, 4) is 11.8 Å². The first-order valence-corrected chi connectivity index (χ1v) is 6.26. The lowest BCUT2D eigenvalue weighted by molar-refractivity contribution is -0.130. The summed E-state index contributed by atoms with van der Waals surface area (Å²) in [5.74, 6) is 7.03. The summed E-state index contributed by atoms with van der Waals surface area (Å²) in [4.78, 5) is 24.5. The van der Waals surface area contributed by atoms with Crippen LogP contribution in [0.5, 0.6) is 0 Å². The Balaban J connectivity index is 2.39. The lowest BCUT2D eigenvalue weighted by Crippen LogP contribution is -2.40. The number of hydrogen-bond donors (Lipinski definition) is 1. The highest BCUT2D eigenvalue weighted by Crippen LogP contribution is 2.16. The van der Waals surface area contributed by atoms with Crippen molar-refractivity contribution in [2.45, 2.75) is 26.3 Å². The van der Waals surface area contributed by atoms with Crippen molar-refractivity contribution in [1.82, 2.24) is 10.2 Å². The van der Waals surface area contributed by atoms with Crippen molar-refractivity contribution < 1.29 is 9.59 Å². The van der Waals surface area contributed by atoms with Crippen LogP contribution >= 0.6 is 11.8 Å². The average Bonchev–Trinajstić information content (AvgIpc) is 2.39. The minimum absolute atomic E-state index is 0.153. The minimum Gasteiger partial charge on any atom is -0.324 e. The molecule has 0 saturated carbocycles. The minimum atomic E-state index is -0.759. The fourth-order valence-electron chi connectivity index (χ4n) is 1.37. The maximum absolute atomic E-state index is 11.8. The molecule has 1 rings (SSSR count). The first kappa shape index (κ1) is 12.9. The standard InChI is InChI=1S/C11H16N2O2S/c1-4-5-7-16-8-6-13-9(14)11(2,3)12-10(13)15/h6-8H2,1-3H3,(H,12,15). The van der Waals surface area contributed by atoms with Crippen LogP contribution in [0.4, 0.5) is 4.79 Å². The summed E-state index contributed by atoms with van der Waals surface area (Å²) in [6.45, 7) is 5.66. The van der Waals surface area contributed by atoms with Gasteiger partial charge in [-0.3, -0.25) is 9.69 Å². The number of urea groups is 1. The van der Waals surface area contributed by atoms with Crippen molar-refractivity contribution in [1.29, 1.82) is 0 Å². The number of nitrogens with one attached hydrogen (secondary N) is 1. The van der Waals surface area contributed by atoms with Crippen LogP contribution in [-0.4, -0.2) is 40.4 Å². The van der Waals surface area contributed by atoms with E-state index in [9.17, 15) is 9.59 Å². The summed E-state index contributed by atoms with van der Waals surface area (Å²) < 4.78 is 0. The van der Waals surface area contributed by atoms with Gasteiger partial charge in [-0.25, -0.2) is 4.79 Å². The molecule has 0 atom stereocenters. The topological polar surface area (TPSA) is 49.4 Å². The molecule has 0 aromatic carbocycles. The predicted molar refractivity (Wildman–Crippen MR) is 65.1 cm³/mol. The highest BCUT2D eigenvalue weighted by atomic mass is 32.2. The van der Waals surface area contributed by atoms with E-state index < -0.39 is 5.54 Å². The van der Waals surface area contributed by atoms with Crippen molar-refractivity contribution in [3.05, 3.63) is 0 Å². The fraction of sp³-hybridized carbons (Fsp3) is 0.636. The van der Waals surface area contributed by atoms with E-state index in [0.717, 1.165) is 11.5 Å². The summed E-state index contributed by atoms with van der Waals surface area (Å²) in [6.07, 6.45) is 0. The highest BCUT2D eigenvalue weighted by molar-refractivity contribution is 7.99. The fourth-order valence-corrected chi connectivity index (χ4v) is 2.07. The molecule has 1 N–H and O–H groups in total. The van der Waals surface area contributed by atoms with Crippen molar-refractivity contribution in [3.63, 3.8) is 0 Å². The van der Waals surface area contributed by atoms with Crippen LogP contribution in [0.3, 0.4) is 0 Å². The van der Waals surface area contributed by atoms with Crippen LogP contribution in [0.2, 0.25) is 0 Å². The van der Waals surface area contributed by atoms with Gasteiger partial charge in [0.15, 0.2) is 0 Å². The van der Waals surface area contributed by atoms with Crippen LogP contribution in [0.1, 0.15) is 20.8 Å². The molecule has 0 aromatic heterocycles. The van der Waals surface area contributed by atoms with E-state index in [-0.39, 0.29) is 11.9 Å². The lowest BCUT2D eigenvalue weighted by atomic mass is 10.1. The van der Waals surface area contributed by atoms with Gasteiger partial charge in [-0.1, -0.05) is 5.92 Å². The number of amides is 3. The van der Waals surface area contributed by atoms with Gasteiger partial charge < -0.3 is 5.32 Å². The van der Waals surface area contributed by atoms with Crippen LogP contribution in [0, 0.1) is 11.8 Å². The van der Waals surface area contributed by atoms with Gasteiger partial charge in [0.05, 0.1) is 5.75 Å². The van der Waals surface area contributed by atoms with Crippen molar-refractivity contribution in [2.24, 2.45) is 0 Å². The zero-order chi connectivity index (χ0) is 12.2.